The molecule has 0 amide bonds. The molecule has 0 aliphatic carbocycles. The number of rotatable bonds is 7. The summed E-state index contributed by atoms with van der Waals surface area (Å²) >= 11 is 0. The number of hydrogen-bond acceptors (Lipinski definition) is 3. The summed E-state index contributed by atoms with van der Waals surface area (Å²) in [5.74, 6) is -1.50. The van der Waals surface area contributed by atoms with Gasteiger partial charge in [0.05, 0.1) is 25.4 Å². The number of ether oxygens (including phenoxy) is 2. The Balaban J connectivity index is 2.50. The molecule has 116 valence electrons. The smallest absolute Gasteiger partial charge is 0.328 e. The molecular formula is C16H21FO4. The van der Waals surface area contributed by atoms with E-state index >= 15 is 0 Å². The molecule has 0 atom stereocenters. The second-order valence-corrected chi connectivity index (χ2v) is 5.58. The minimum absolute atomic E-state index is 0.211. The van der Waals surface area contributed by atoms with Gasteiger partial charge in [0.2, 0.25) is 0 Å². The highest BCUT2D eigenvalue weighted by atomic mass is 19.1. The number of carboxylic acids is 1. The first-order valence-electron chi connectivity index (χ1n) is 6.68. The van der Waals surface area contributed by atoms with Crippen LogP contribution in [0.4, 0.5) is 4.39 Å². The summed E-state index contributed by atoms with van der Waals surface area (Å²) in [7, 11) is 0. The Morgan fingerprint density at radius 2 is 2.00 bits per heavy atom. The number of carbonyl (C=O) groups is 1. The van der Waals surface area contributed by atoms with E-state index in [2.05, 4.69) is 0 Å². The lowest BCUT2D eigenvalue weighted by Crippen LogP contribution is -2.21. The monoisotopic (exact) mass is 296 g/mol. The molecule has 0 aliphatic rings. The van der Waals surface area contributed by atoms with E-state index in [1.165, 1.54) is 18.2 Å². The average molecular weight is 296 g/mol. The zero-order chi connectivity index (χ0) is 15.9. The van der Waals surface area contributed by atoms with Crippen molar-refractivity contribution in [3.63, 3.8) is 0 Å². The van der Waals surface area contributed by atoms with Crippen LogP contribution in [0.15, 0.2) is 24.3 Å². The Labute approximate surface area is 124 Å². The van der Waals surface area contributed by atoms with Gasteiger partial charge in [-0.2, -0.15) is 0 Å². The van der Waals surface area contributed by atoms with Crippen molar-refractivity contribution in [1.82, 2.24) is 0 Å². The summed E-state index contributed by atoms with van der Waals surface area (Å²) in [6.07, 6.45) is 2.31. The molecule has 0 saturated heterocycles. The van der Waals surface area contributed by atoms with Crippen LogP contribution in [-0.4, -0.2) is 29.9 Å². The van der Waals surface area contributed by atoms with Crippen LogP contribution in [0.25, 0.3) is 6.08 Å². The Kier molecular flexibility index (Phi) is 6.52. The van der Waals surface area contributed by atoms with Crippen molar-refractivity contribution >= 4 is 12.0 Å². The summed E-state index contributed by atoms with van der Waals surface area (Å²) in [6.45, 7) is 7.00. The molecule has 1 aromatic rings. The normalized spacial score (nSPS) is 12.0. The Morgan fingerprint density at radius 3 is 2.62 bits per heavy atom. The highest BCUT2D eigenvalue weighted by Gasteiger charge is 2.09. The minimum Gasteiger partial charge on any atom is -0.478 e. The molecule has 4 nitrogen and oxygen atoms in total. The molecule has 0 unspecified atom stereocenters. The summed E-state index contributed by atoms with van der Waals surface area (Å²) in [5.41, 5.74) is 0.925. The first-order chi connectivity index (χ1) is 9.76. The highest BCUT2D eigenvalue weighted by Crippen LogP contribution is 2.12. The van der Waals surface area contributed by atoms with Crippen LogP contribution >= 0.6 is 0 Å². The average Bonchev–Trinajstić information content (AvgIpc) is 2.34. The van der Waals surface area contributed by atoms with Crippen LogP contribution in [0.5, 0.6) is 0 Å². The van der Waals surface area contributed by atoms with Crippen molar-refractivity contribution in [2.24, 2.45) is 0 Å². The fourth-order valence-corrected chi connectivity index (χ4v) is 1.62. The molecule has 0 heterocycles. The maximum Gasteiger partial charge on any atom is 0.328 e. The minimum atomic E-state index is -1.07. The van der Waals surface area contributed by atoms with Crippen LogP contribution in [0.1, 0.15) is 31.9 Å². The van der Waals surface area contributed by atoms with E-state index in [0.29, 0.717) is 24.3 Å². The summed E-state index contributed by atoms with van der Waals surface area (Å²) in [4.78, 5) is 10.4. The second kappa shape index (κ2) is 7.90. The maximum atomic E-state index is 13.4. The lowest BCUT2D eigenvalue weighted by Gasteiger charge is -2.19. The lowest BCUT2D eigenvalue weighted by atomic mass is 10.1. The van der Waals surface area contributed by atoms with Crippen molar-refractivity contribution in [3.05, 3.63) is 41.2 Å². The summed E-state index contributed by atoms with van der Waals surface area (Å²) < 4.78 is 24.3. The van der Waals surface area contributed by atoms with Gasteiger partial charge in [-0.3, -0.25) is 0 Å². The van der Waals surface area contributed by atoms with Gasteiger partial charge in [0.15, 0.2) is 0 Å². The second-order valence-electron chi connectivity index (χ2n) is 5.58. The molecule has 1 rings (SSSR count). The van der Waals surface area contributed by atoms with Crippen LogP contribution in [0.2, 0.25) is 0 Å². The molecular weight excluding hydrogens is 275 g/mol. The predicted octanol–water partition coefficient (Wildman–Crippen LogP) is 3.26. The number of halogens is 1. The van der Waals surface area contributed by atoms with E-state index in [-0.39, 0.29) is 12.2 Å². The van der Waals surface area contributed by atoms with E-state index in [0.717, 1.165) is 6.08 Å². The fraction of sp³-hybridized carbons (Fsp3) is 0.438. The molecule has 0 saturated carbocycles. The largest absolute Gasteiger partial charge is 0.478 e. The van der Waals surface area contributed by atoms with E-state index in [1.807, 2.05) is 20.8 Å². The van der Waals surface area contributed by atoms with E-state index < -0.39 is 11.8 Å². The van der Waals surface area contributed by atoms with Gasteiger partial charge in [0.1, 0.15) is 5.82 Å². The first-order valence-corrected chi connectivity index (χ1v) is 6.68. The Morgan fingerprint density at radius 1 is 1.29 bits per heavy atom. The summed E-state index contributed by atoms with van der Waals surface area (Å²) in [6, 6.07) is 4.32. The van der Waals surface area contributed by atoms with Crippen molar-refractivity contribution < 1.29 is 23.8 Å². The van der Waals surface area contributed by atoms with Crippen LogP contribution in [0, 0.1) is 5.82 Å². The van der Waals surface area contributed by atoms with Gasteiger partial charge >= 0.3 is 5.97 Å². The van der Waals surface area contributed by atoms with Crippen LogP contribution in [0.3, 0.4) is 0 Å². The molecule has 0 radical (unpaired) electrons. The van der Waals surface area contributed by atoms with Crippen molar-refractivity contribution in [3.8, 4) is 0 Å². The van der Waals surface area contributed by atoms with Crippen LogP contribution < -0.4 is 0 Å². The van der Waals surface area contributed by atoms with Gasteiger partial charge in [-0.15, -0.1) is 0 Å². The van der Waals surface area contributed by atoms with Gasteiger partial charge in [-0.05, 0) is 56.2 Å². The molecule has 0 spiro atoms. The lowest BCUT2D eigenvalue weighted by molar-refractivity contribution is -0.131. The zero-order valence-electron chi connectivity index (χ0n) is 12.6. The van der Waals surface area contributed by atoms with E-state index in [4.69, 9.17) is 14.6 Å². The first kappa shape index (κ1) is 17.3. The number of carboxylic acid groups (broad SMARTS) is 1. The molecule has 0 aliphatic heterocycles. The van der Waals surface area contributed by atoms with Gasteiger partial charge < -0.3 is 14.6 Å². The van der Waals surface area contributed by atoms with Gasteiger partial charge in [0.25, 0.3) is 0 Å². The Bertz CT molecular complexity index is 503. The van der Waals surface area contributed by atoms with E-state index in [1.54, 1.807) is 6.07 Å². The molecule has 21 heavy (non-hydrogen) atoms. The van der Waals surface area contributed by atoms with Crippen LogP contribution in [-0.2, 0) is 20.9 Å². The fourth-order valence-electron chi connectivity index (χ4n) is 1.62. The zero-order valence-corrected chi connectivity index (χ0v) is 12.6. The van der Waals surface area contributed by atoms with E-state index in [9.17, 15) is 9.18 Å². The number of aliphatic carboxylic acids is 1. The highest BCUT2D eigenvalue weighted by molar-refractivity contribution is 5.85. The molecule has 5 heteroatoms. The third-order valence-corrected chi connectivity index (χ3v) is 2.43. The summed E-state index contributed by atoms with van der Waals surface area (Å²) in [5, 5.41) is 8.56. The molecule has 0 fully saturated rings. The molecule has 1 aromatic carbocycles. The molecule has 1 N–H and O–H groups in total. The molecule has 0 bridgehead atoms. The number of hydrogen-bond donors (Lipinski definition) is 1. The van der Waals surface area contributed by atoms with Crippen molar-refractivity contribution in [1.29, 1.82) is 0 Å². The predicted molar refractivity (Wildman–Crippen MR) is 78.4 cm³/mol. The van der Waals surface area contributed by atoms with Gasteiger partial charge in [0, 0.05) is 6.08 Å². The maximum absolute atomic E-state index is 13.4. The third-order valence-electron chi connectivity index (χ3n) is 2.43. The van der Waals surface area contributed by atoms with Gasteiger partial charge in [-0.25, -0.2) is 9.18 Å². The van der Waals surface area contributed by atoms with Crippen molar-refractivity contribution in [2.75, 3.05) is 13.2 Å². The number of benzene rings is 1. The standard InChI is InChI=1S/C16H21FO4/c1-16(2,3)21-7-6-20-11-13-8-12(4-5-15(18)19)9-14(17)10-13/h4-5,8-10H,6-7,11H2,1-3H3,(H,18,19)/b5-4+. The molecule has 0 aromatic heterocycles. The van der Waals surface area contributed by atoms with Crippen molar-refractivity contribution in [2.45, 2.75) is 33.0 Å². The third kappa shape index (κ3) is 8.22. The van der Waals surface area contributed by atoms with Gasteiger partial charge in [-0.1, -0.05) is 0 Å². The quantitative estimate of drug-likeness (QED) is 0.620. The topological polar surface area (TPSA) is 55.8 Å². The SMILES string of the molecule is CC(C)(C)OCCOCc1cc(F)cc(/C=C/C(=O)O)c1. The Hall–Kier alpha value is -1.72.